The van der Waals surface area contributed by atoms with E-state index in [9.17, 15) is 4.79 Å². The van der Waals surface area contributed by atoms with E-state index in [-0.39, 0.29) is 6.04 Å². The standard InChI is InChI=1S/C22H33N5O2S/c1-7-23-20(25-14-19-15(2)26-16(3)30-19)24-13-18(17-11-9-8-10-12-17)27-21(28)29-22(4,5)6/h8-12,18H,7,13-14H2,1-6H3,(H,27,28)(H2,23,24,25). The van der Waals surface area contributed by atoms with Gasteiger partial charge in [0.2, 0.25) is 0 Å². The van der Waals surface area contributed by atoms with Gasteiger partial charge in [0.05, 0.1) is 23.3 Å². The summed E-state index contributed by atoms with van der Waals surface area (Å²) in [6.07, 6.45) is -0.448. The molecule has 0 bridgehead atoms. The molecule has 7 nitrogen and oxygen atoms in total. The first kappa shape index (κ1) is 23.7. The summed E-state index contributed by atoms with van der Waals surface area (Å²) >= 11 is 1.66. The molecule has 0 aliphatic carbocycles. The number of ether oxygens (including phenoxy) is 1. The van der Waals surface area contributed by atoms with Crippen LogP contribution in [-0.2, 0) is 11.3 Å². The molecular weight excluding hydrogens is 398 g/mol. The number of aromatic nitrogens is 1. The summed E-state index contributed by atoms with van der Waals surface area (Å²) in [4.78, 5) is 22.6. The van der Waals surface area contributed by atoms with Gasteiger partial charge in [-0.05, 0) is 47.1 Å². The molecule has 3 N–H and O–H groups in total. The first-order valence-corrected chi connectivity index (χ1v) is 11.0. The molecule has 1 aromatic carbocycles. The van der Waals surface area contributed by atoms with Crippen LogP contribution in [0.15, 0.2) is 35.3 Å². The summed E-state index contributed by atoms with van der Waals surface area (Å²) in [5.41, 5.74) is 1.45. The highest BCUT2D eigenvalue weighted by molar-refractivity contribution is 7.11. The fraction of sp³-hybridized carbons (Fsp3) is 0.500. The quantitative estimate of drug-likeness (QED) is 0.454. The van der Waals surface area contributed by atoms with Crippen LogP contribution in [-0.4, -0.2) is 35.7 Å². The Balaban J connectivity index is 2.09. The van der Waals surface area contributed by atoms with Crippen molar-refractivity contribution in [1.82, 2.24) is 20.9 Å². The van der Waals surface area contributed by atoms with Crippen molar-refractivity contribution < 1.29 is 9.53 Å². The molecule has 0 fully saturated rings. The molecule has 2 aromatic rings. The zero-order chi connectivity index (χ0) is 22.1. The summed E-state index contributed by atoms with van der Waals surface area (Å²) in [5, 5.41) is 10.6. The van der Waals surface area contributed by atoms with Crippen LogP contribution >= 0.6 is 11.3 Å². The van der Waals surface area contributed by atoms with Crippen molar-refractivity contribution in [1.29, 1.82) is 0 Å². The van der Waals surface area contributed by atoms with Gasteiger partial charge in [-0.3, -0.25) is 0 Å². The molecular formula is C22H33N5O2S. The van der Waals surface area contributed by atoms with Gasteiger partial charge in [-0.25, -0.2) is 14.8 Å². The number of hydrogen-bond acceptors (Lipinski definition) is 5. The number of carbonyl (C=O) groups is 1. The van der Waals surface area contributed by atoms with Gasteiger partial charge in [-0.1, -0.05) is 30.3 Å². The van der Waals surface area contributed by atoms with E-state index in [0.717, 1.165) is 27.7 Å². The second-order valence-electron chi connectivity index (χ2n) is 7.93. The molecule has 0 aliphatic heterocycles. The monoisotopic (exact) mass is 431 g/mol. The average molecular weight is 432 g/mol. The average Bonchev–Trinajstić information content (AvgIpc) is 2.99. The highest BCUT2D eigenvalue weighted by Crippen LogP contribution is 2.18. The van der Waals surface area contributed by atoms with Crippen LogP contribution in [0.5, 0.6) is 0 Å². The highest BCUT2D eigenvalue weighted by Gasteiger charge is 2.20. The van der Waals surface area contributed by atoms with E-state index >= 15 is 0 Å². The van der Waals surface area contributed by atoms with Gasteiger partial charge in [0.15, 0.2) is 5.96 Å². The van der Waals surface area contributed by atoms with Gasteiger partial charge in [-0.15, -0.1) is 11.3 Å². The van der Waals surface area contributed by atoms with Crippen LogP contribution in [0.4, 0.5) is 4.79 Å². The SMILES string of the molecule is CCNC(=NCc1sc(C)nc1C)NCC(NC(=O)OC(C)(C)C)c1ccccc1. The molecule has 1 unspecified atom stereocenters. The van der Waals surface area contributed by atoms with Crippen molar-refractivity contribution in [2.24, 2.45) is 4.99 Å². The zero-order valence-corrected chi connectivity index (χ0v) is 19.5. The molecule has 8 heteroatoms. The van der Waals surface area contributed by atoms with Gasteiger partial charge in [-0.2, -0.15) is 0 Å². The van der Waals surface area contributed by atoms with E-state index in [1.165, 1.54) is 0 Å². The largest absolute Gasteiger partial charge is 0.444 e. The Bertz CT molecular complexity index is 843. The van der Waals surface area contributed by atoms with E-state index in [2.05, 4.69) is 25.9 Å². The molecule has 0 spiro atoms. The van der Waals surface area contributed by atoms with Crippen LogP contribution in [0.1, 0.15) is 54.9 Å². The first-order chi connectivity index (χ1) is 14.2. The minimum absolute atomic E-state index is 0.266. The van der Waals surface area contributed by atoms with Crippen molar-refractivity contribution in [2.45, 2.75) is 59.7 Å². The zero-order valence-electron chi connectivity index (χ0n) is 18.7. The summed E-state index contributed by atoms with van der Waals surface area (Å²) in [5.74, 6) is 0.690. The minimum Gasteiger partial charge on any atom is -0.444 e. The van der Waals surface area contributed by atoms with Crippen molar-refractivity contribution in [3.63, 3.8) is 0 Å². The number of hydrogen-bond donors (Lipinski definition) is 3. The van der Waals surface area contributed by atoms with Crippen LogP contribution < -0.4 is 16.0 Å². The predicted octanol–water partition coefficient (Wildman–Crippen LogP) is 4.08. The van der Waals surface area contributed by atoms with Gasteiger partial charge in [0, 0.05) is 18.0 Å². The number of benzene rings is 1. The summed E-state index contributed by atoms with van der Waals surface area (Å²) in [7, 11) is 0. The number of aryl methyl sites for hydroxylation is 2. The maximum absolute atomic E-state index is 12.4. The Labute approximate surface area is 183 Å². The third-order valence-electron chi connectivity index (χ3n) is 4.09. The first-order valence-electron chi connectivity index (χ1n) is 10.2. The van der Waals surface area contributed by atoms with Gasteiger partial charge in [0.1, 0.15) is 5.60 Å². The molecule has 30 heavy (non-hydrogen) atoms. The number of thiazole rings is 1. The minimum atomic E-state index is -0.556. The van der Waals surface area contributed by atoms with E-state index in [1.807, 2.05) is 71.9 Å². The Hall–Kier alpha value is -2.61. The Morgan fingerprint density at radius 2 is 1.90 bits per heavy atom. The number of amides is 1. The molecule has 1 heterocycles. The third-order valence-corrected chi connectivity index (χ3v) is 5.15. The fourth-order valence-electron chi connectivity index (χ4n) is 2.80. The van der Waals surface area contributed by atoms with Crippen molar-refractivity contribution in [3.05, 3.63) is 51.5 Å². The maximum Gasteiger partial charge on any atom is 0.408 e. The lowest BCUT2D eigenvalue weighted by Gasteiger charge is -2.24. The van der Waals surface area contributed by atoms with Crippen molar-refractivity contribution >= 4 is 23.4 Å². The molecule has 1 amide bonds. The molecule has 0 aliphatic rings. The Morgan fingerprint density at radius 3 is 2.47 bits per heavy atom. The highest BCUT2D eigenvalue weighted by atomic mass is 32.1. The smallest absolute Gasteiger partial charge is 0.408 e. The van der Waals surface area contributed by atoms with E-state index in [1.54, 1.807) is 11.3 Å². The van der Waals surface area contributed by atoms with Gasteiger partial charge >= 0.3 is 6.09 Å². The predicted molar refractivity (Wildman–Crippen MR) is 123 cm³/mol. The molecule has 2 rings (SSSR count). The number of aliphatic imine (C=N–C) groups is 1. The lowest BCUT2D eigenvalue weighted by atomic mass is 10.1. The maximum atomic E-state index is 12.4. The number of nitrogens with zero attached hydrogens (tertiary/aromatic N) is 2. The summed E-state index contributed by atoms with van der Waals surface area (Å²) < 4.78 is 5.44. The number of nitrogens with one attached hydrogen (secondary N) is 3. The Morgan fingerprint density at radius 1 is 1.20 bits per heavy atom. The number of guanidine groups is 1. The topological polar surface area (TPSA) is 87.6 Å². The third kappa shape index (κ3) is 8.02. The lowest BCUT2D eigenvalue weighted by molar-refractivity contribution is 0.0504. The van der Waals surface area contributed by atoms with Gasteiger partial charge < -0.3 is 20.7 Å². The second-order valence-corrected chi connectivity index (χ2v) is 9.21. The normalized spacial score (nSPS) is 12.9. The fourth-order valence-corrected chi connectivity index (χ4v) is 3.66. The number of alkyl carbamates (subject to hydrolysis) is 1. The number of rotatable bonds is 7. The van der Waals surface area contributed by atoms with Gasteiger partial charge in [0.25, 0.3) is 0 Å². The molecule has 0 saturated heterocycles. The number of carbonyl (C=O) groups excluding carboxylic acids is 1. The van der Waals surface area contributed by atoms with Crippen LogP contribution in [0.25, 0.3) is 0 Å². The van der Waals surface area contributed by atoms with E-state index in [0.29, 0.717) is 19.0 Å². The van der Waals surface area contributed by atoms with E-state index < -0.39 is 11.7 Å². The molecule has 1 atom stereocenters. The molecule has 0 radical (unpaired) electrons. The molecule has 1 aromatic heterocycles. The summed E-state index contributed by atoms with van der Waals surface area (Å²) in [6.45, 7) is 13.3. The Kier molecular flexibility index (Phi) is 8.65. The second kappa shape index (κ2) is 11.0. The van der Waals surface area contributed by atoms with Crippen molar-refractivity contribution in [3.8, 4) is 0 Å². The van der Waals surface area contributed by atoms with Crippen molar-refractivity contribution in [2.75, 3.05) is 13.1 Å². The van der Waals surface area contributed by atoms with Crippen LogP contribution in [0, 0.1) is 13.8 Å². The summed E-state index contributed by atoms with van der Waals surface area (Å²) in [6, 6.07) is 9.55. The lowest BCUT2D eigenvalue weighted by Crippen LogP contribution is -2.44. The molecule has 164 valence electrons. The van der Waals surface area contributed by atoms with Crippen LogP contribution in [0.3, 0.4) is 0 Å². The molecule has 0 saturated carbocycles. The van der Waals surface area contributed by atoms with Crippen LogP contribution in [0.2, 0.25) is 0 Å². The van der Waals surface area contributed by atoms with E-state index in [4.69, 9.17) is 4.74 Å².